The lowest BCUT2D eigenvalue weighted by Gasteiger charge is -2.37. The molecule has 0 bridgehead atoms. The van der Waals surface area contributed by atoms with E-state index in [0.717, 1.165) is 31.5 Å². The number of anilines is 1. The van der Waals surface area contributed by atoms with Crippen LogP contribution < -0.4 is 4.31 Å². The molecule has 1 fully saturated rings. The van der Waals surface area contributed by atoms with Crippen molar-refractivity contribution in [3.8, 4) is 0 Å². The molecule has 0 saturated carbocycles. The molecule has 0 radical (unpaired) electrons. The minimum atomic E-state index is -3.60. The Hall–Kier alpha value is -2.64. The Morgan fingerprint density at radius 3 is 2.23 bits per heavy atom. The highest BCUT2D eigenvalue weighted by molar-refractivity contribution is 7.92. The Morgan fingerprint density at radius 1 is 1.03 bits per heavy atom. The van der Waals surface area contributed by atoms with Gasteiger partial charge < -0.3 is 4.90 Å². The van der Waals surface area contributed by atoms with Crippen molar-refractivity contribution in [1.29, 1.82) is 0 Å². The molecule has 7 heteroatoms. The smallest absolute Gasteiger partial charge is 0.246 e. The van der Waals surface area contributed by atoms with Gasteiger partial charge in [0, 0.05) is 32.7 Å². The van der Waals surface area contributed by atoms with Crippen molar-refractivity contribution < 1.29 is 13.2 Å². The van der Waals surface area contributed by atoms with E-state index in [1.165, 1.54) is 9.87 Å². The summed E-state index contributed by atoms with van der Waals surface area (Å²) in [5.74, 6) is -0.162. The molecule has 0 aliphatic carbocycles. The van der Waals surface area contributed by atoms with Crippen LogP contribution in [0.5, 0.6) is 0 Å². The second-order valence-corrected chi connectivity index (χ2v) is 9.87. The number of carbonyl (C=O) groups is 1. The third-order valence-corrected chi connectivity index (χ3v) is 6.75. The quantitative estimate of drug-likeness (QED) is 0.663. The van der Waals surface area contributed by atoms with Crippen molar-refractivity contribution >= 4 is 27.7 Å². The highest BCUT2D eigenvalue weighted by atomic mass is 32.2. The van der Waals surface area contributed by atoms with Gasteiger partial charge in [-0.1, -0.05) is 60.2 Å². The molecule has 0 N–H and O–H groups in total. The highest BCUT2D eigenvalue weighted by Crippen LogP contribution is 2.22. The molecular formula is C24H31N3O3S. The SMILES string of the molecule is Cc1ccc(N([C@H](C)C(=O)N2CCN(C/C=C/c3ccccc3)CC2)S(C)(=O)=O)cc1. The zero-order chi connectivity index (χ0) is 22.4. The second-order valence-electron chi connectivity index (χ2n) is 8.01. The average molecular weight is 442 g/mol. The van der Waals surface area contributed by atoms with Crippen molar-refractivity contribution in [2.24, 2.45) is 0 Å². The van der Waals surface area contributed by atoms with E-state index in [9.17, 15) is 13.2 Å². The van der Waals surface area contributed by atoms with E-state index in [0.29, 0.717) is 18.8 Å². The molecule has 0 spiro atoms. The Balaban J connectivity index is 1.59. The van der Waals surface area contributed by atoms with E-state index in [4.69, 9.17) is 0 Å². The third-order valence-electron chi connectivity index (χ3n) is 5.51. The van der Waals surface area contributed by atoms with E-state index in [1.807, 2.05) is 37.3 Å². The van der Waals surface area contributed by atoms with Gasteiger partial charge in [0.25, 0.3) is 0 Å². The van der Waals surface area contributed by atoms with Crippen LogP contribution >= 0.6 is 0 Å². The Labute approximate surface area is 185 Å². The molecule has 1 atom stereocenters. The molecule has 1 aliphatic rings. The van der Waals surface area contributed by atoms with Crippen LogP contribution in [0.1, 0.15) is 18.1 Å². The summed E-state index contributed by atoms with van der Waals surface area (Å²) in [6.07, 6.45) is 5.39. The van der Waals surface area contributed by atoms with Gasteiger partial charge in [0.1, 0.15) is 6.04 Å². The van der Waals surface area contributed by atoms with Crippen LogP contribution in [0.3, 0.4) is 0 Å². The van der Waals surface area contributed by atoms with Crippen LogP contribution in [0.15, 0.2) is 60.7 Å². The number of nitrogens with zero attached hydrogens (tertiary/aromatic N) is 3. The monoisotopic (exact) mass is 441 g/mol. The summed E-state index contributed by atoms with van der Waals surface area (Å²) < 4.78 is 26.2. The number of sulfonamides is 1. The summed E-state index contributed by atoms with van der Waals surface area (Å²) in [7, 11) is -3.60. The summed E-state index contributed by atoms with van der Waals surface area (Å²) in [6.45, 7) is 7.14. The summed E-state index contributed by atoms with van der Waals surface area (Å²) in [6, 6.07) is 16.6. The molecule has 6 nitrogen and oxygen atoms in total. The van der Waals surface area contributed by atoms with Gasteiger partial charge in [-0.05, 0) is 31.5 Å². The number of rotatable bonds is 7. The topological polar surface area (TPSA) is 60.9 Å². The van der Waals surface area contributed by atoms with Gasteiger partial charge >= 0.3 is 0 Å². The van der Waals surface area contributed by atoms with Crippen molar-refractivity contribution in [3.63, 3.8) is 0 Å². The van der Waals surface area contributed by atoms with Crippen LogP contribution in [-0.4, -0.2) is 69.1 Å². The van der Waals surface area contributed by atoms with Crippen molar-refractivity contribution in [3.05, 3.63) is 71.8 Å². The van der Waals surface area contributed by atoms with Crippen LogP contribution in [0.25, 0.3) is 6.08 Å². The fourth-order valence-electron chi connectivity index (χ4n) is 3.81. The lowest BCUT2D eigenvalue weighted by Crippen LogP contribution is -2.55. The summed E-state index contributed by atoms with van der Waals surface area (Å²) >= 11 is 0. The maximum atomic E-state index is 13.1. The standard InChI is InChI=1S/C24H31N3O3S/c1-20-11-13-23(14-12-20)27(31(3,29)30)21(2)24(28)26-18-16-25(17-19-26)15-7-10-22-8-5-4-6-9-22/h4-14,21H,15-19H2,1-3H3/b10-7+/t21-/m1/s1. The Kier molecular flexibility index (Phi) is 7.51. The fourth-order valence-corrected chi connectivity index (χ4v) is 4.98. The molecule has 31 heavy (non-hydrogen) atoms. The first kappa shape index (κ1) is 23.0. The molecule has 2 aromatic carbocycles. The first-order valence-corrected chi connectivity index (χ1v) is 12.4. The van der Waals surface area contributed by atoms with Crippen LogP contribution in [0, 0.1) is 6.92 Å². The number of piperazine rings is 1. The molecule has 1 heterocycles. The van der Waals surface area contributed by atoms with Gasteiger partial charge in [0.2, 0.25) is 15.9 Å². The third kappa shape index (κ3) is 6.18. The molecule has 1 saturated heterocycles. The average Bonchev–Trinajstić information content (AvgIpc) is 2.75. The van der Waals surface area contributed by atoms with Crippen molar-refractivity contribution in [2.75, 3.05) is 43.3 Å². The first-order chi connectivity index (χ1) is 14.8. The van der Waals surface area contributed by atoms with Crippen LogP contribution in [0.4, 0.5) is 5.69 Å². The van der Waals surface area contributed by atoms with Gasteiger partial charge in [-0.2, -0.15) is 0 Å². The number of hydrogen-bond acceptors (Lipinski definition) is 4. The van der Waals surface area contributed by atoms with Crippen molar-refractivity contribution in [1.82, 2.24) is 9.80 Å². The number of hydrogen-bond donors (Lipinski definition) is 0. The number of benzene rings is 2. The Bertz CT molecular complexity index is 996. The fraction of sp³-hybridized carbons (Fsp3) is 0.375. The molecule has 1 aliphatic heterocycles. The largest absolute Gasteiger partial charge is 0.338 e. The number of carbonyl (C=O) groups excluding carboxylic acids is 1. The summed E-state index contributed by atoms with van der Waals surface area (Å²) in [4.78, 5) is 17.2. The molecule has 3 rings (SSSR count). The lowest BCUT2D eigenvalue weighted by atomic mass is 10.2. The maximum absolute atomic E-state index is 13.1. The lowest BCUT2D eigenvalue weighted by molar-refractivity contribution is -0.133. The maximum Gasteiger partial charge on any atom is 0.246 e. The van der Waals surface area contributed by atoms with Gasteiger partial charge in [-0.25, -0.2) is 8.42 Å². The van der Waals surface area contributed by atoms with Gasteiger partial charge in [-0.3, -0.25) is 14.0 Å². The predicted molar refractivity (Wildman–Crippen MR) is 126 cm³/mol. The van der Waals surface area contributed by atoms with Gasteiger partial charge in [-0.15, -0.1) is 0 Å². The first-order valence-electron chi connectivity index (χ1n) is 10.5. The minimum absolute atomic E-state index is 0.162. The predicted octanol–water partition coefficient (Wildman–Crippen LogP) is 3.01. The van der Waals surface area contributed by atoms with E-state index in [1.54, 1.807) is 24.0 Å². The molecule has 0 unspecified atom stereocenters. The zero-order valence-electron chi connectivity index (χ0n) is 18.4. The van der Waals surface area contributed by atoms with Gasteiger partial charge in [0.05, 0.1) is 11.9 Å². The minimum Gasteiger partial charge on any atom is -0.338 e. The number of amides is 1. The van der Waals surface area contributed by atoms with Crippen LogP contribution in [-0.2, 0) is 14.8 Å². The molecular weight excluding hydrogens is 410 g/mol. The van der Waals surface area contributed by atoms with Gasteiger partial charge in [0.15, 0.2) is 0 Å². The van der Waals surface area contributed by atoms with E-state index in [2.05, 4.69) is 29.2 Å². The summed E-state index contributed by atoms with van der Waals surface area (Å²) in [5, 5.41) is 0. The van der Waals surface area contributed by atoms with E-state index < -0.39 is 16.1 Å². The summed E-state index contributed by atoms with van der Waals surface area (Å²) in [5.41, 5.74) is 2.72. The molecule has 0 aromatic heterocycles. The second kappa shape index (κ2) is 10.1. The normalized spacial score (nSPS) is 16.4. The molecule has 2 aromatic rings. The van der Waals surface area contributed by atoms with Crippen LogP contribution in [0.2, 0.25) is 0 Å². The Morgan fingerprint density at radius 2 is 1.65 bits per heavy atom. The van der Waals surface area contributed by atoms with E-state index in [-0.39, 0.29) is 5.91 Å². The zero-order valence-corrected chi connectivity index (χ0v) is 19.3. The van der Waals surface area contributed by atoms with Crippen molar-refractivity contribution in [2.45, 2.75) is 19.9 Å². The highest BCUT2D eigenvalue weighted by Gasteiger charge is 2.33. The molecule has 166 valence electrons. The number of aryl methyl sites for hydroxylation is 1. The molecule has 1 amide bonds. The van der Waals surface area contributed by atoms with E-state index >= 15 is 0 Å².